The van der Waals surface area contributed by atoms with Gasteiger partial charge < -0.3 is 9.64 Å². The molecule has 7 heteroatoms. The molecule has 0 spiro atoms. The number of carbonyl (C=O) groups is 1. The van der Waals surface area contributed by atoms with Gasteiger partial charge in [0.05, 0.1) is 22.8 Å². The van der Waals surface area contributed by atoms with Gasteiger partial charge in [-0.25, -0.2) is 0 Å². The van der Waals surface area contributed by atoms with Crippen molar-refractivity contribution in [2.45, 2.75) is 25.6 Å². The summed E-state index contributed by atoms with van der Waals surface area (Å²) in [6.45, 7) is 5.09. The van der Waals surface area contributed by atoms with E-state index in [1.807, 2.05) is 13.8 Å². The summed E-state index contributed by atoms with van der Waals surface area (Å²) in [4.78, 5) is 13.8. The Bertz CT molecular complexity index is 626. The summed E-state index contributed by atoms with van der Waals surface area (Å²) in [5.74, 6) is -0.259. The van der Waals surface area contributed by atoms with Gasteiger partial charge in [-0.3, -0.25) is 4.79 Å². The van der Waals surface area contributed by atoms with Crippen LogP contribution in [0.25, 0.3) is 6.08 Å². The number of nitrogens with zero attached hydrogens (tertiary/aromatic N) is 1. The summed E-state index contributed by atoms with van der Waals surface area (Å²) in [6.07, 6.45) is -1.90. The Kier molecular flexibility index (Phi) is 5.06. The number of ether oxygens (including phenoxy) is 1. The van der Waals surface area contributed by atoms with E-state index in [0.717, 1.165) is 6.07 Å². The van der Waals surface area contributed by atoms with E-state index in [1.165, 1.54) is 24.3 Å². The van der Waals surface area contributed by atoms with Crippen molar-refractivity contribution in [2.24, 2.45) is 0 Å². The zero-order valence-corrected chi connectivity index (χ0v) is 13.5. The molecular weight excluding hydrogens is 331 g/mol. The van der Waals surface area contributed by atoms with Gasteiger partial charge in [0.1, 0.15) is 0 Å². The first-order valence-electron chi connectivity index (χ1n) is 7.06. The van der Waals surface area contributed by atoms with Crippen molar-refractivity contribution in [3.05, 3.63) is 40.4 Å². The second-order valence-electron chi connectivity index (χ2n) is 5.94. The standard InChI is InChI=1S/C16H17ClF3NO2/c1-15(2)10-21(7-8-23-15)14(22)6-4-11-3-5-13(17)12(9-11)16(18,19)20/h3-6,9H,7-8,10H2,1-2H3/b6-4+. The molecule has 0 radical (unpaired) electrons. The highest BCUT2D eigenvalue weighted by Gasteiger charge is 2.33. The molecule has 1 fully saturated rings. The molecule has 1 aliphatic rings. The average Bonchev–Trinajstić information content (AvgIpc) is 2.43. The van der Waals surface area contributed by atoms with Crippen molar-refractivity contribution in [3.8, 4) is 0 Å². The lowest BCUT2D eigenvalue weighted by Gasteiger charge is -2.37. The van der Waals surface area contributed by atoms with Gasteiger partial charge in [0.25, 0.3) is 0 Å². The third-order valence-electron chi connectivity index (χ3n) is 3.45. The van der Waals surface area contributed by atoms with Crippen LogP contribution in [0.1, 0.15) is 25.0 Å². The number of hydrogen-bond donors (Lipinski definition) is 0. The topological polar surface area (TPSA) is 29.5 Å². The number of hydrogen-bond acceptors (Lipinski definition) is 2. The van der Waals surface area contributed by atoms with Gasteiger partial charge >= 0.3 is 6.18 Å². The molecular formula is C16H17ClF3NO2. The summed E-state index contributed by atoms with van der Waals surface area (Å²) in [7, 11) is 0. The summed E-state index contributed by atoms with van der Waals surface area (Å²) in [5.41, 5.74) is -1.07. The molecule has 0 saturated carbocycles. The molecule has 23 heavy (non-hydrogen) atoms. The molecule has 2 rings (SSSR count). The largest absolute Gasteiger partial charge is 0.417 e. The minimum absolute atomic E-state index is 0.259. The number of benzene rings is 1. The van der Waals surface area contributed by atoms with E-state index in [4.69, 9.17) is 16.3 Å². The van der Waals surface area contributed by atoms with Gasteiger partial charge in [-0.15, -0.1) is 0 Å². The highest BCUT2D eigenvalue weighted by atomic mass is 35.5. The van der Waals surface area contributed by atoms with Crippen molar-refractivity contribution in [2.75, 3.05) is 19.7 Å². The number of alkyl halides is 3. The molecule has 1 aromatic carbocycles. The monoisotopic (exact) mass is 347 g/mol. The normalized spacial score (nSPS) is 18.4. The molecule has 0 aliphatic carbocycles. The summed E-state index contributed by atoms with van der Waals surface area (Å²) in [5, 5.41) is -0.365. The van der Waals surface area contributed by atoms with Crippen LogP contribution in [0.2, 0.25) is 5.02 Å². The van der Waals surface area contributed by atoms with Crippen molar-refractivity contribution in [3.63, 3.8) is 0 Å². The maximum absolute atomic E-state index is 12.8. The summed E-state index contributed by atoms with van der Waals surface area (Å²) in [6, 6.07) is 3.53. The Morgan fingerprint density at radius 3 is 2.70 bits per heavy atom. The van der Waals surface area contributed by atoms with Crippen LogP contribution in [0.15, 0.2) is 24.3 Å². The zero-order valence-electron chi connectivity index (χ0n) is 12.8. The van der Waals surface area contributed by atoms with Crippen molar-refractivity contribution in [1.29, 1.82) is 0 Å². The number of halogens is 4. The molecule has 0 N–H and O–H groups in total. The van der Waals surface area contributed by atoms with E-state index in [0.29, 0.717) is 19.7 Å². The molecule has 1 heterocycles. The van der Waals surface area contributed by atoms with Crippen molar-refractivity contribution in [1.82, 2.24) is 4.90 Å². The Hall–Kier alpha value is -1.53. The second-order valence-corrected chi connectivity index (χ2v) is 6.35. The van der Waals surface area contributed by atoms with Crippen LogP contribution < -0.4 is 0 Å². The lowest BCUT2D eigenvalue weighted by atomic mass is 10.1. The van der Waals surface area contributed by atoms with E-state index in [1.54, 1.807) is 4.90 Å². The van der Waals surface area contributed by atoms with Crippen LogP contribution in [0.4, 0.5) is 13.2 Å². The van der Waals surface area contributed by atoms with Gasteiger partial charge in [-0.2, -0.15) is 13.2 Å². The Balaban J connectivity index is 2.12. The highest BCUT2D eigenvalue weighted by Crippen LogP contribution is 2.35. The van der Waals surface area contributed by atoms with Gasteiger partial charge in [0, 0.05) is 19.2 Å². The zero-order chi connectivity index (χ0) is 17.3. The quantitative estimate of drug-likeness (QED) is 0.756. The Morgan fingerprint density at radius 2 is 2.09 bits per heavy atom. The average molecular weight is 348 g/mol. The molecule has 1 amide bonds. The molecule has 0 unspecified atom stereocenters. The molecule has 0 aromatic heterocycles. The van der Waals surface area contributed by atoms with E-state index >= 15 is 0 Å². The van der Waals surface area contributed by atoms with Gasteiger partial charge in [-0.1, -0.05) is 17.7 Å². The van der Waals surface area contributed by atoms with Crippen molar-refractivity contribution < 1.29 is 22.7 Å². The first-order valence-corrected chi connectivity index (χ1v) is 7.44. The first-order chi connectivity index (χ1) is 10.6. The maximum Gasteiger partial charge on any atom is 0.417 e. The van der Waals surface area contributed by atoms with Crippen LogP contribution in [-0.2, 0) is 15.7 Å². The fourth-order valence-electron chi connectivity index (χ4n) is 2.34. The maximum atomic E-state index is 12.8. The first kappa shape index (κ1) is 17.8. The van der Waals surface area contributed by atoms with E-state index in [-0.39, 0.29) is 16.5 Å². The summed E-state index contributed by atoms with van der Waals surface area (Å²) < 4.78 is 43.9. The predicted molar refractivity (Wildman–Crippen MR) is 82.1 cm³/mol. The predicted octanol–water partition coefficient (Wildman–Crippen LogP) is 4.01. The molecule has 1 aromatic rings. The fourth-order valence-corrected chi connectivity index (χ4v) is 2.57. The Labute approximate surface area is 137 Å². The number of morpholine rings is 1. The van der Waals surface area contributed by atoms with Gasteiger partial charge in [-0.05, 0) is 37.6 Å². The van der Waals surface area contributed by atoms with Crippen molar-refractivity contribution >= 4 is 23.6 Å². The fraction of sp³-hybridized carbons (Fsp3) is 0.438. The number of rotatable bonds is 2. The van der Waals surface area contributed by atoms with Crippen LogP contribution in [-0.4, -0.2) is 36.1 Å². The molecule has 3 nitrogen and oxygen atoms in total. The molecule has 0 atom stereocenters. The highest BCUT2D eigenvalue weighted by molar-refractivity contribution is 6.31. The SMILES string of the molecule is CC1(C)CN(C(=O)/C=C/c2ccc(Cl)c(C(F)(F)F)c2)CCO1. The van der Waals surface area contributed by atoms with Crippen LogP contribution in [0, 0.1) is 0 Å². The van der Waals surface area contributed by atoms with E-state index < -0.39 is 17.3 Å². The lowest BCUT2D eigenvalue weighted by Crippen LogP contribution is -2.50. The minimum Gasteiger partial charge on any atom is -0.372 e. The molecule has 1 saturated heterocycles. The lowest BCUT2D eigenvalue weighted by molar-refractivity contribution is -0.140. The van der Waals surface area contributed by atoms with Crippen LogP contribution in [0.5, 0.6) is 0 Å². The number of amides is 1. The minimum atomic E-state index is -4.53. The third-order valence-corrected chi connectivity index (χ3v) is 3.78. The van der Waals surface area contributed by atoms with Crippen LogP contribution in [0.3, 0.4) is 0 Å². The smallest absolute Gasteiger partial charge is 0.372 e. The summed E-state index contributed by atoms with van der Waals surface area (Å²) >= 11 is 5.56. The van der Waals surface area contributed by atoms with E-state index in [9.17, 15) is 18.0 Å². The molecule has 126 valence electrons. The van der Waals surface area contributed by atoms with Crippen LogP contribution >= 0.6 is 11.6 Å². The second kappa shape index (κ2) is 6.53. The Morgan fingerprint density at radius 1 is 1.39 bits per heavy atom. The third kappa shape index (κ3) is 4.72. The van der Waals surface area contributed by atoms with Gasteiger partial charge in [0.15, 0.2) is 0 Å². The van der Waals surface area contributed by atoms with E-state index in [2.05, 4.69) is 0 Å². The number of carbonyl (C=O) groups excluding carboxylic acids is 1. The molecule has 1 aliphatic heterocycles. The van der Waals surface area contributed by atoms with Gasteiger partial charge in [0.2, 0.25) is 5.91 Å². The molecule has 0 bridgehead atoms.